The van der Waals surface area contributed by atoms with Crippen LogP contribution in [-0.2, 0) is 38.9 Å². The Morgan fingerprint density at radius 1 is 1.10 bits per heavy atom. The smallest absolute Gasteiger partial charge is 0.308 e. The van der Waals surface area contributed by atoms with Crippen molar-refractivity contribution in [1.29, 1.82) is 5.26 Å². The molecule has 1 aliphatic rings. The van der Waals surface area contributed by atoms with Crippen molar-refractivity contribution < 1.29 is 33.3 Å². The summed E-state index contributed by atoms with van der Waals surface area (Å²) in [5, 5.41) is 13.6. The lowest BCUT2D eigenvalue weighted by Crippen LogP contribution is -2.55. The van der Waals surface area contributed by atoms with Crippen molar-refractivity contribution in [3.63, 3.8) is 0 Å². The van der Waals surface area contributed by atoms with E-state index >= 15 is 0 Å². The number of esters is 3. The van der Waals surface area contributed by atoms with E-state index in [1.807, 2.05) is 0 Å². The second kappa shape index (κ2) is 10.9. The highest BCUT2D eigenvalue weighted by molar-refractivity contribution is 6.40. The van der Waals surface area contributed by atoms with E-state index in [2.05, 4.69) is 16.2 Å². The summed E-state index contributed by atoms with van der Waals surface area (Å²) in [7, 11) is 4.94. The molecule has 0 bridgehead atoms. The van der Waals surface area contributed by atoms with Gasteiger partial charge >= 0.3 is 17.9 Å². The van der Waals surface area contributed by atoms with Crippen LogP contribution in [0.5, 0.6) is 0 Å². The van der Waals surface area contributed by atoms with Crippen LogP contribution in [0.2, 0.25) is 0 Å². The highest BCUT2D eigenvalue weighted by atomic mass is 16.7. The van der Waals surface area contributed by atoms with E-state index in [4.69, 9.17) is 24.7 Å². The van der Waals surface area contributed by atoms with Crippen LogP contribution in [0.15, 0.2) is 12.4 Å². The Bertz CT molecular complexity index is 1320. The van der Waals surface area contributed by atoms with Crippen LogP contribution >= 0.6 is 0 Å². The fourth-order valence-electron chi connectivity index (χ4n) is 4.37. The van der Waals surface area contributed by atoms with Crippen LogP contribution < -0.4 is 11.2 Å². The van der Waals surface area contributed by atoms with Crippen LogP contribution in [0, 0.1) is 29.1 Å². The molecule has 0 aliphatic carbocycles. The van der Waals surface area contributed by atoms with Gasteiger partial charge in [0.1, 0.15) is 31.9 Å². The lowest BCUT2D eigenvalue weighted by Gasteiger charge is -2.35. The number of nitrogen functional groups attached to an aromatic ring is 1. The van der Waals surface area contributed by atoms with Crippen molar-refractivity contribution in [3.8, 4) is 6.07 Å². The summed E-state index contributed by atoms with van der Waals surface area (Å²) in [4.78, 5) is 42.6. The van der Waals surface area contributed by atoms with Gasteiger partial charge in [-0.1, -0.05) is 47.0 Å². The first-order valence-electron chi connectivity index (χ1n) is 12.9. The van der Waals surface area contributed by atoms with Crippen molar-refractivity contribution in [1.82, 2.24) is 14.6 Å². The third kappa shape index (κ3) is 5.48. The van der Waals surface area contributed by atoms with Crippen molar-refractivity contribution >= 4 is 58.2 Å². The normalized spacial score (nSPS) is 23.2. The van der Waals surface area contributed by atoms with E-state index in [1.54, 1.807) is 71.1 Å². The molecule has 2 N–H and O–H groups in total. The van der Waals surface area contributed by atoms with Crippen molar-refractivity contribution in [2.45, 2.75) is 70.9 Å². The average Bonchev–Trinajstić information content (AvgIpc) is 3.35. The van der Waals surface area contributed by atoms with Gasteiger partial charge in [0.05, 0.1) is 28.8 Å². The number of ether oxygens (including phenoxy) is 4. The van der Waals surface area contributed by atoms with Gasteiger partial charge in [0.15, 0.2) is 33.7 Å². The zero-order valence-corrected chi connectivity index (χ0v) is 23.8. The lowest BCUT2D eigenvalue weighted by molar-refractivity contribution is -0.175. The van der Waals surface area contributed by atoms with E-state index in [9.17, 15) is 19.6 Å². The molecule has 39 heavy (non-hydrogen) atoms. The molecule has 12 nitrogen and oxygen atoms in total. The van der Waals surface area contributed by atoms with Gasteiger partial charge in [-0.25, -0.2) is 9.50 Å². The van der Waals surface area contributed by atoms with E-state index in [1.165, 1.54) is 10.8 Å². The third-order valence-corrected chi connectivity index (χ3v) is 6.59. The van der Waals surface area contributed by atoms with Gasteiger partial charge in [-0.15, -0.1) is 0 Å². The summed E-state index contributed by atoms with van der Waals surface area (Å²) in [5.41, 5.74) is 5.34. The third-order valence-electron chi connectivity index (χ3n) is 6.59. The molecular weight excluding hydrogens is 503 g/mol. The molecule has 3 heterocycles. The largest absolute Gasteiger partial charge is 0.475 e. The minimum Gasteiger partial charge on any atom is -0.475 e. The first-order chi connectivity index (χ1) is 18.1. The average molecular weight is 537 g/mol. The zero-order valence-electron chi connectivity index (χ0n) is 23.8. The number of fused-ring (bicyclic) bond motifs is 1. The predicted molar refractivity (Wildman–Crippen MR) is 148 cm³/mol. The van der Waals surface area contributed by atoms with E-state index < -0.39 is 65.0 Å². The Kier molecular flexibility index (Phi) is 8.41. The van der Waals surface area contributed by atoms with Crippen LogP contribution in [0.25, 0.3) is 5.52 Å². The Morgan fingerprint density at radius 3 is 2.21 bits per heavy atom. The molecule has 206 valence electrons. The van der Waals surface area contributed by atoms with Gasteiger partial charge < -0.3 is 24.7 Å². The number of anilines is 1. The molecule has 1 unspecified atom stereocenters. The lowest BCUT2D eigenvalue weighted by atomic mass is 9.60. The second-order valence-corrected chi connectivity index (χ2v) is 11.3. The maximum absolute atomic E-state index is 13.0. The van der Waals surface area contributed by atoms with Gasteiger partial charge in [-0.05, 0) is 6.07 Å². The number of hydrogen-bond donors (Lipinski definition) is 1. The van der Waals surface area contributed by atoms with Crippen LogP contribution in [0.1, 0.15) is 47.2 Å². The van der Waals surface area contributed by atoms with E-state index in [0.717, 1.165) is 0 Å². The Morgan fingerprint density at radius 2 is 1.67 bits per heavy atom. The number of nitriles is 1. The molecule has 2 aromatic heterocycles. The van der Waals surface area contributed by atoms with E-state index in [-0.39, 0.29) is 11.5 Å². The standard InChI is InChI=1S/C24H34B3N5O7/c1-10(2)20(33)36-16-17(37-21(34)11(3)4)23(8-28,38-18(16)24(26,27)39-22(35)12(5)6)14-7-13(25)15-19(29)30-9-31-32(14)15/h7,9-12,16-18H,25-27H2,1-6H3,(H2,29,30,31)/t16-,17+,18?,23-/m0/s1. The Hall–Kier alpha value is -3.53. The molecule has 1 fully saturated rings. The number of aromatic nitrogens is 3. The monoisotopic (exact) mass is 537 g/mol. The number of carbonyl (C=O) groups is 3. The Labute approximate surface area is 230 Å². The molecule has 1 aliphatic heterocycles. The minimum atomic E-state index is -2.03. The first-order valence-corrected chi connectivity index (χ1v) is 12.9. The number of nitrogens with zero attached hydrogens (tertiary/aromatic N) is 4. The van der Waals surface area contributed by atoms with Gasteiger partial charge in [-0.2, -0.15) is 10.4 Å². The molecule has 0 radical (unpaired) electrons. The topological polar surface area (TPSA) is 168 Å². The predicted octanol–water partition coefficient (Wildman–Crippen LogP) is -2.06. The molecule has 1 saturated heterocycles. The molecule has 4 atom stereocenters. The summed E-state index contributed by atoms with van der Waals surface area (Å²) in [5.74, 6) is -3.19. The van der Waals surface area contributed by atoms with Crippen LogP contribution in [0.3, 0.4) is 0 Å². The fraction of sp³-hybridized carbons (Fsp3) is 0.583. The highest BCUT2D eigenvalue weighted by Crippen LogP contribution is 2.46. The number of carbonyl (C=O) groups excluding carboxylic acids is 3. The molecule has 3 rings (SSSR count). The van der Waals surface area contributed by atoms with Crippen molar-refractivity contribution in [3.05, 3.63) is 18.1 Å². The maximum atomic E-state index is 13.0. The summed E-state index contributed by atoms with van der Waals surface area (Å²) in [6.07, 6.45) is -2.75. The second-order valence-electron chi connectivity index (χ2n) is 11.3. The molecule has 0 aromatic carbocycles. The fourth-order valence-corrected chi connectivity index (χ4v) is 4.37. The SMILES string of the molecule is Bc1cc([C@]2(C#N)OC(C(B)(B)OC(=O)C(C)C)[C@@H](OC(=O)C(C)C)[C@H]2OC(=O)C(C)C)n2ncnc(N)c12. The number of nitrogens with two attached hydrogens (primary N) is 1. The van der Waals surface area contributed by atoms with Gasteiger partial charge in [-0.3, -0.25) is 14.4 Å². The van der Waals surface area contributed by atoms with Gasteiger partial charge in [0.2, 0.25) is 5.60 Å². The summed E-state index contributed by atoms with van der Waals surface area (Å²) < 4.78 is 25.4. The van der Waals surface area contributed by atoms with Crippen LogP contribution in [-0.4, -0.2) is 79.8 Å². The van der Waals surface area contributed by atoms with Gasteiger partial charge in [0.25, 0.3) is 0 Å². The summed E-state index contributed by atoms with van der Waals surface area (Å²) in [6.45, 7) is 9.92. The van der Waals surface area contributed by atoms with Crippen molar-refractivity contribution in [2.24, 2.45) is 17.8 Å². The maximum Gasteiger partial charge on any atom is 0.308 e. The number of hydrogen-bond acceptors (Lipinski definition) is 11. The van der Waals surface area contributed by atoms with Crippen LogP contribution in [0.4, 0.5) is 5.82 Å². The highest BCUT2D eigenvalue weighted by Gasteiger charge is 2.66. The molecule has 0 spiro atoms. The zero-order chi connectivity index (χ0) is 29.4. The quantitative estimate of drug-likeness (QED) is 0.224. The van der Waals surface area contributed by atoms with Gasteiger partial charge in [0, 0.05) is 0 Å². The Balaban J connectivity index is 2.31. The molecule has 0 amide bonds. The molecule has 15 heteroatoms. The summed E-state index contributed by atoms with van der Waals surface area (Å²) in [6, 6.07) is 3.81. The minimum absolute atomic E-state index is 0.168. The molecule has 2 aromatic rings. The number of rotatable bonds is 8. The van der Waals surface area contributed by atoms with Crippen molar-refractivity contribution in [2.75, 3.05) is 5.73 Å². The summed E-state index contributed by atoms with van der Waals surface area (Å²) >= 11 is 0. The molecular formula is C24H34B3N5O7. The first kappa shape index (κ1) is 30.0. The van der Waals surface area contributed by atoms with E-state index in [0.29, 0.717) is 11.0 Å². The molecule has 0 saturated carbocycles.